The number of phenols is 1. The molecule has 1 aromatic rings. The molecule has 1 aromatic carbocycles. The fourth-order valence-electron chi connectivity index (χ4n) is 1.44. The van der Waals surface area contributed by atoms with E-state index in [4.69, 9.17) is 10.8 Å². The Labute approximate surface area is 102 Å². The maximum atomic E-state index is 13.2. The molecule has 4 N–H and O–H groups in total. The highest BCUT2D eigenvalue weighted by atomic mass is 19.1. The van der Waals surface area contributed by atoms with Crippen molar-refractivity contribution in [2.75, 3.05) is 7.11 Å². The number of aromatic carboxylic acids is 1. The van der Waals surface area contributed by atoms with E-state index < -0.39 is 35.1 Å². The van der Waals surface area contributed by atoms with Crippen LogP contribution < -0.4 is 5.73 Å². The topological polar surface area (TPSA) is 110 Å². The minimum atomic E-state index is -1.49. The molecule has 0 aliphatic heterocycles. The average molecular weight is 257 g/mol. The number of rotatable bonds is 4. The Kier molecular flexibility index (Phi) is 4.22. The molecule has 0 aliphatic rings. The summed E-state index contributed by atoms with van der Waals surface area (Å²) in [5.74, 6) is -3.65. The van der Waals surface area contributed by atoms with Gasteiger partial charge in [-0.1, -0.05) is 0 Å². The van der Waals surface area contributed by atoms with Gasteiger partial charge in [0, 0.05) is 11.6 Å². The molecule has 0 heterocycles. The zero-order valence-corrected chi connectivity index (χ0v) is 9.51. The number of carboxylic acids is 1. The SMILES string of the molecule is COC(=O)C[C@H](N)c1cc(F)cc(C(=O)O)c1O. The second-order valence-electron chi connectivity index (χ2n) is 3.58. The van der Waals surface area contributed by atoms with E-state index in [0.717, 1.165) is 13.2 Å². The van der Waals surface area contributed by atoms with Gasteiger partial charge in [0.25, 0.3) is 0 Å². The van der Waals surface area contributed by atoms with Crippen molar-refractivity contribution in [1.29, 1.82) is 0 Å². The molecule has 0 spiro atoms. The number of hydrogen-bond donors (Lipinski definition) is 3. The predicted molar refractivity (Wildman–Crippen MR) is 58.6 cm³/mol. The Bertz CT molecular complexity index is 489. The molecule has 0 radical (unpaired) electrons. The molecule has 0 bridgehead atoms. The minimum Gasteiger partial charge on any atom is -0.507 e. The standard InChI is InChI=1S/C11H12FNO5/c1-18-9(14)4-8(13)6-2-5(12)3-7(10(6)15)11(16)17/h2-3,8,15H,4,13H2,1H3,(H,16,17)/t8-/m0/s1. The lowest BCUT2D eigenvalue weighted by Crippen LogP contribution is -2.17. The van der Waals surface area contributed by atoms with E-state index >= 15 is 0 Å². The van der Waals surface area contributed by atoms with Gasteiger partial charge < -0.3 is 20.7 Å². The number of hydrogen-bond acceptors (Lipinski definition) is 5. The van der Waals surface area contributed by atoms with Crippen LogP contribution in [0.25, 0.3) is 0 Å². The Hall–Kier alpha value is -2.15. The van der Waals surface area contributed by atoms with E-state index in [1.807, 2.05) is 0 Å². The van der Waals surface area contributed by atoms with Crippen LogP contribution in [0.5, 0.6) is 5.75 Å². The lowest BCUT2D eigenvalue weighted by Gasteiger charge is -2.14. The molecular formula is C11H12FNO5. The smallest absolute Gasteiger partial charge is 0.339 e. The first-order valence-electron chi connectivity index (χ1n) is 4.95. The molecule has 0 saturated carbocycles. The summed E-state index contributed by atoms with van der Waals surface area (Å²) in [6, 6.07) is 0.507. The number of carbonyl (C=O) groups excluding carboxylic acids is 1. The van der Waals surface area contributed by atoms with Crippen molar-refractivity contribution in [2.45, 2.75) is 12.5 Å². The Balaban J connectivity index is 3.16. The van der Waals surface area contributed by atoms with Gasteiger partial charge in [0.2, 0.25) is 0 Å². The van der Waals surface area contributed by atoms with Crippen LogP contribution in [0.3, 0.4) is 0 Å². The Morgan fingerprint density at radius 3 is 2.61 bits per heavy atom. The van der Waals surface area contributed by atoms with Crippen molar-refractivity contribution in [2.24, 2.45) is 5.73 Å². The third kappa shape index (κ3) is 2.95. The third-order valence-electron chi connectivity index (χ3n) is 2.35. The van der Waals surface area contributed by atoms with Crippen molar-refractivity contribution in [3.05, 3.63) is 29.1 Å². The number of carboxylic acid groups (broad SMARTS) is 1. The van der Waals surface area contributed by atoms with Crippen LogP contribution in [0.15, 0.2) is 12.1 Å². The van der Waals surface area contributed by atoms with E-state index in [2.05, 4.69) is 4.74 Å². The lowest BCUT2D eigenvalue weighted by atomic mass is 10.00. The van der Waals surface area contributed by atoms with Crippen molar-refractivity contribution >= 4 is 11.9 Å². The molecule has 0 fully saturated rings. The van der Waals surface area contributed by atoms with Crippen LogP contribution in [0.1, 0.15) is 28.4 Å². The summed E-state index contributed by atoms with van der Waals surface area (Å²) in [6.07, 6.45) is -0.299. The summed E-state index contributed by atoms with van der Waals surface area (Å²) in [7, 11) is 1.16. The van der Waals surface area contributed by atoms with Crippen LogP contribution in [0, 0.1) is 5.82 Å². The monoisotopic (exact) mass is 257 g/mol. The number of methoxy groups -OCH3 is 1. The first-order chi connectivity index (χ1) is 8.36. The molecule has 7 heteroatoms. The predicted octanol–water partition coefficient (Wildman–Crippen LogP) is 0.792. The molecule has 1 rings (SSSR count). The van der Waals surface area contributed by atoms with Gasteiger partial charge in [0.1, 0.15) is 17.1 Å². The first kappa shape index (κ1) is 13.9. The van der Waals surface area contributed by atoms with Crippen molar-refractivity contribution < 1.29 is 28.9 Å². The molecule has 98 valence electrons. The van der Waals surface area contributed by atoms with Gasteiger partial charge in [-0.15, -0.1) is 0 Å². The fraction of sp³-hybridized carbons (Fsp3) is 0.273. The second kappa shape index (κ2) is 5.46. The van der Waals surface area contributed by atoms with Gasteiger partial charge in [0.05, 0.1) is 13.5 Å². The molecule has 0 unspecified atom stereocenters. The Morgan fingerprint density at radius 2 is 2.11 bits per heavy atom. The first-order valence-corrected chi connectivity index (χ1v) is 4.95. The van der Waals surface area contributed by atoms with Crippen molar-refractivity contribution in [3.63, 3.8) is 0 Å². The summed E-state index contributed by atoms with van der Waals surface area (Å²) in [4.78, 5) is 21.8. The van der Waals surface area contributed by atoms with E-state index in [0.29, 0.717) is 6.07 Å². The summed E-state index contributed by atoms with van der Waals surface area (Å²) in [5.41, 5.74) is 4.83. The van der Waals surface area contributed by atoms with E-state index in [9.17, 15) is 19.1 Å². The van der Waals surface area contributed by atoms with Gasteiger partial charge in [-0.05, 0) is 12.1 Å². The highest BCUT2D eigenvalue weighted by molar-refractivity contribution is 5.91. The quantitative estimate of drug-likeness (QED) is 0.688. The molecule has 1 atom stereocenters. The summed E-state index contributed by atoms with van der Waals surface area (Å²) < 4.78 is 17.6. The molecule has 18 heavy (non-hydrogen) atoms. The number of nitrogens with two attached hydrogens (primary N) is 1. The number of ether oxygens (including phenoxy) is 1. The maximum absolute atomic E-state index is 13.2. The zero-order chi connectivity index (χ0) is 13.9. The largest absolute Gasteiger partial charge is 0.507 e. The van der Waals surface area contributed by atoms with E-state index in [1.54, 1.807) is 0 Å². The van der Waals surface area contributed by atoms with E-state index in [1.165, 1.54) is 0 Å². The van der Waals surface area contributed by atoms with Crippen molar-refractivity contribution in [3.8, 4) is 5.75 Å². The van der Waals surface area contributed by atoms with Gasteiger partial charge >= 0.3 is 11.9 Å². The lowest BCUT2D eigenvalue weighted by molar-refractivity contribution is -0.141. The highest BCUT2D eigenvalue weighted by Gasteiger charge is 2.21. The third-order valence-corrected chi connectivity index (χ3v) is 2.35. The van der Waals surface area contributed by atoms with Crippen LogP contribution in [0.4, 0.5) is 4.39 Å². The van der Waals surface area contributed by atoms with Gasteiger partial charge in [-0.25, -0.2) is 9.18 Å². The zero-order valence-electron chi connectivity index (χ0n) is 9.51. The molecule has 0 saturated heterocycles. The highest BCUT2D eigenvalue weighted by Crippen LogP contribution is 2.30. The van der Waals surface area contributed by atoms with Gasteiger partial charge in [0.15, 0.2) is 0 Å². The molecule has 6 nitrogen and oxygen atoms in total. The number of benzene rings is 1. The fourth-order valence-corrected chi connectivity index (χ4v) is 1.44. The average Bonchev–Trinajstić information content (AvgIpc) is 2.30. The molecule has 0 amide bonds. The minimum absolute atomic E-state index is 0.155. The second-order valence-corrected chi connectivity index (χ2v) is 3.58. The van der Waals surface area contributed by atoms with Gasteiger partial charge in [-0.2, -0.15) is 0 Å². The molecular weight excluding hydrogens is 245 g/mol. The molecule has 0 aliphatic carbocycles. The van der Waals surface area contributed by atoms with E-state index in [-0.39, 0.29) is 12.0 Å². The van der Waals surface area contributed by atoms with Crippen LogP contribution >= 0.6 is 0 Å². The molecule has 0 aromatic heterocycles. The number of aromatic hydroxyl groups is 1. The number of esters is 1. The van der Waals surface area contributed by atoms with Crippen molar-refractivity contribution in [1.82, 2.24) is 0 Å². The summed E-state index contributed by atoms with van der Waals surface area (Å²) in [5, 5.41) is 18.4. The summed E-state index contributed by atoms with van der Waals surface area (Å²) in [6.45, 7) is 0. The van der Waals surface area contributed by atoms with Crippen LogP contribution in [-0.2, 0) is 9.53 Å². The normalized spacial score (nSPS) is 11.9. The maximum Gasteiger partial charge on any atom is 0.339 e. The number of carbonyl (C=O) groups is 2. The Morgan fingerprint density at radius 1 is 1.50 bits per heavy atom. The van der Waals surface area contributed by atoms with Gasteiger partial charge in [-0.3, -0.25) is 4.79 Å². The van der Waals surface area contributed by atoms with Crippen LogP contribution in [-0.4, -0.2) is 29.3 Å². The number of halogens is 1. The summed E-state index contributed by atoms with van der Waals surface area (Å²) >= 11 is 0. The van der Waals surface area contributed by atoms with Crippen LogP contribution in [0.2, 0.25) is 0 Å².